The van der Waals surface area contributed by atoms with Crippen LogP contribution < -0.4 is 0 Å². The van der Waals surface area contributed by atoms with Crippen molar-refractivity contribution in [2.75, 3.05) is 0 Å². The Bertz CT molecular complexity index is 525. The molecular formula is C11H13N5O2. The summed E-state index contributed by atoms with van der Waals surface area (Å²) in [6, 6.07) is 3.66. The Labute approximate surface area is 103 Å². The minimum absolute atomic E-state index is 0.0404. The molecule has 2 aromatic rings. The van der Waals surface area contributed by atoms with Gasteiger partial charge < -0.3 is 5.11 Å². The summed E-state index contributed by atoms with van der Waals surface area (Å²) in [7, 11) is 0. The van der Waals surface area contributed by atoms with Crippen LogP contribution in [-0.2, 0) is 11.3 Å². The van der Waals surface area contributed by atoms with Crippen LogP contribution in [0.15, 0.2) is 24.5 Å². The third kappa shape index (κ3) is 2.88. The van der Waals surface area contributed by atoms with Gasteiger partial charge in [0.25, 0.3) is 0 Å². The Morgan fingerprint density at radius 1 is 1.56 bits per heavy atom. The summed E-state index contributed by atoms with van der Waals surface area (Å²) in [6.07, 6.45) is 3.43. The number of pyridine rings is 1. The second-order valence-electron chi connectivity index (χ2n) is 4.13. The van der Waals surface area contributed by atoms with E-state index in [0.29, 0.717) is 12.4 Å². The fourth-order valence-electron chi connectivity index (χ4n) is 1.69. The van der Waals surface area contributed by atoms with Crippen LogP contribution in [0.25, 0.3) is 11.4 Å². The SMILES string of the molecule is CC(CC(=O)O)Cn1nnnc1-c1cccnc1. The summed E-state index contributed by atoms with van der Waals surface area (Å²) in [5.41, 5.74) is 0.810. The molecule has 7 nitrogen and oxygen atoms in total. The first kappa shape index (κ1) is 12.2. The molecule has 7 heteroatoms. The molecule has 1 unspecified atom stereocenters. The Morgan fingerprint density at radius 3 is 3.06 bits per heavy atom. The van der Waals surface area contributed by atoms with Crippen molar-refractivity contribution in [1.29, 1.82) is 0 Å². The Kier molecular flexibility index (Phi) is 3.61. The van der Waals surface area contributed by atoms with Crippen molar-refractivity contribution in [1.82, 2.24) is 25.2 Å². The highest BCUT2D eigenvalue weighted by atomic mass is 16.4. The van der Waals surface area contributed by atoms with Gasteiger partial charge in [0, 0.05) is 30.9 Å². The first-order chi connectivity index (χ1) is 8.66. The molecule has 0 amide bonds. The summed E-state index contributed by atoms with van der Waals surface area (Å²) in [6.45, 7) is 2.31. The number of nitrogens with zero attached hydrogens (tertiary/aromatic N) is 5. The van der Waals surface area contributed by atoms with Crippen LogP contribution in [0, 0.1) is 5.92 Å². The zero-order valence-electron chi connectivity index (χ0n) is 9.89. The van der Waals surface area contributed by atoms with Gasteiger partial charge in [0.2, 0.25) is 0 Å². The van der Waals surface area contributed by atoms with Crippen molar-refractivity contribution in [3.05, 3.63) is 24.5 Å². The predicted molar refractivity (Wildman–Crippen MR) is 62.5 cm³/mol. The lowest BCUT2D eigenvalue weighted by Crippen LogP contribution is -2.14. The lowest BCUT2D eigenvalue weighted by Gasteiger charge is -2.09. The van der Waals surface area contributed by atoms with E-state index in [2.05, 4.69) is 20.5 Å². The van der Waals surface area contributed by atoms with Gasteiger partial charge in [0.05, 0.1) is 0 Å². The van der Waals surface area contributed by atoms with Gasteiger partial charge in [-0.1, -0.05) is 6.92 Å². The molecule has 2 aromatic heterocycles. The van der Waals surface area contributed by atoms with Crippen LogP contribution in [0.1, 0.15) is 13.3 Å². The fourth-order valence-corrected chi connectivity index (χ4v) is 1.69. The van der Waals surface area contributed by atoms with Crippen LogP contribution in [0.3, 0.4) is 0 Å². The van der Waals surface area contributed by atoms with Crippen molar-refractivity contribution in [2.45, 2.75) is 19.9 Å². The number of carboxylic acids is 1. The van der Waals surface area contributed by atoms with Crippen LogP contribution in [0.4, 0.5) is 0 Å². The molecule has 0 radical (unpaired) electrons. The Morgan fingerprint density at radius 2 is 2.39 bits per heavy atom. The number of carboxylic acid groups (broad SMARTS) is 1. The van der Waals surface area contributed by atoms with Gasteiger partial charge in [-0.3, -0.25) is 9.78 Å². The fraction of sp³-hybridized carbons (Fsp3) is 0.364. The number of rotatable bonds is 5. The maximum atomic E-state index is 10.6. The van der Waals surface area contributed by atoms with Gasteiger partial charge in [0.15, 0.2) is 5.82 Å². The molecule has 0 aliphatic heterocycles. The lowest BCUT2D eigenvalue weighted by molar-refractivity contribution is -0.138. The molecule has 1 atom stereocenters. The van der Waals surface area contributed by atoms with Gasteiger partial charge in [-0.15, -0.1) is 5.10 Å². The van der Waals surface area contributed by atoms with Gasteiger partial charge in [-0.05, 0) is 28.5 Å². The zero-order valence-corrected chi connectivity index (χ0v) is 9.89. The van der Waals surface area contributed by atoms with Crippen LogP contribution in [0.5, 0.6) is 0 Å². The lowest BCUT2D eigenvalue weighted by atomic mass is 10.1. The smallest absolute Gasteiger partial charge is 0.303 e. The average molecular weight is 247 g/mol. The maximum absolute atomic E-state index is 10.6. The van der Waals surface area contributed by atoms with E-state index in [0.717, 1.165) is 5.56 Å². The molecule has 0 aliphatic rings. The predicted octanol–water partition coefficient (Wildman–Crippen LogP) is 0.846. The summed E-state index contributed by atoms with van der Waals surface area (Å²) >= 11 is 0. The highest BCUT2D eigenvalue weighted by molar-refractivity contribution is 5.66. The monoisotopic (exact) mass is 247 g/mol. The van der Waals surface area contributed by atoms with Gasteiger partial charge in [-0.25, -0.2) is 4.68 Å². The highest BCUT2D eigenvalue weighted by Gasteiger charge is 2.14. The molecule has 0 bridgehead atoms. The molecule has 94 valence electrons. The molecule has 0 aliphatic carbocycles. The molecule has 18 heavy (non-hydrogen) atoms. The number of hydrogen-bond donors (Lipinski definition) is 1. The number of aliphatic carboxylic acids is 1. The first-order valence-electron chi connectivity index (χ1n) is 5.55. The number of hydrogen-bond acceptors (Lipinski definition) is 5. The third-order valence-electron chi connectivity index (χ3n) is 2.46. The molecule has 2 heterocycles. The quantitative estimate of drug-likeness (QED) is 0.841. The van der Waals surface area contributed by atoms with E-state index < -0.39 is 5.97 Å². The van der Waals surface area contributed by atoms with E-state index in [1.54, 1.807) is 23.1 Å². The minimum atomic E-state index is -0.821. The Balaban J connectivity index is 2.16. The highest BCUT2D eigenvalue weighted by Crippen LogP contribution is 2.15. The summed E-state index contributed by atoms with van der Waals surface area (Å²) in [4.78, 5) is 14.6. The normalized spacial score (nSPS) is 12.3. The van der Waals surface area contributed by atoms with Crippen LogP contribution in [-0.4, -0.2) is 36.3 Å². The number of aromatic nitrogens is 5. The van der Waals surface area contributed by atoms with E-state index in [-0.39, 0.29) is 12.3 Å². The number of carbonyl (C=O) groups is 1. The van der Waals surface area contributed by atoms with Crippen molar-refractivity contribution in [3.63, 3.8) is 0 Å². The van der Waals surface area contributed by atoms with E-state index >= 15 is 0 Å². The van der Waals surface area contributed by atoms with Crippen molar-refractivity contribution < 1.29 is 9.90 Å². The molecular weight excluding hydrogens is 234 g/mol. The topological polar surface area (TPSA) is 93.8 Å². The second kappa shape index (κ2) is 5.35. The van der Waals surface area contributed by atoms with Crippen molar-refractivity contribution in [3.8, 4) is 11.4 Å². The molecule has 2 rings (SSSR count). The van der Waals surface area contributed by atoms with Gasteiger partial charge in [0.1, 0.15) is 0 Å². The molecule has 0 spiro atoms. The minimum Gasteiger partial charge on any atom is -0.481 e. The average Bonchev–Trinajstić information content (AvgIpc) is 2.77. The maximum Gasteiger partial charge on any atom is 0.303 e. The molecule has 1 N–H and O–H groups in total. The van der Waals surface area contributed by atoms with Crippen molar-refractivity contribution >= 4 is 5.97 Å². The largest absolute Gasteiger partial charge is 0.481 e. The van der Waals surface area contributed by atoms with E-state index in [4.69, 9.17) is 5.11 Å². The van der Waals surface area contributed by atoms with Crippen molar-refractivity contribution in [2.24, 2.45) is 5.92 Å². The van der Waals surface area contributed by atoms with Gasteiger partial charge in [-0.2, -0.15) is 0 Å². The van der Waals surface area contributed by atoms with E-state index in [1.807, 2.05) is 13.0 Å². The van der Waals surface area contributed by atoms with E-state index in [9.17, 15) is 4.79 Å². The van der Waals surface area contributed by atoms with Crippen LogP contribution >= 0.6 is 0 Å². The zero-order chi connectivity index (χ0) is 13.0. The second-order valence-corrected chi connectivity index (χ2v) is 4.13. The third-order valence-corrected chi connectivity index (χ3v) is 2.46. The first-order valence-corrected chi connectivity index (χ1v) is 5.55. The molecule has 0 fully saturated rings. The summed E-state index contributed by atoms with van der Waals surface area (Å²) in [5, 5.41) is 20.2. The van der Waals surface area contributed by atoms with Gasteiger partial charge >= 0.3 is 5.97 Å². The Hall–Kier alpha value is -2.31. The molecule has 0 saturated carbocycles. The van der Waals surface area contributed by atoms with Crippen LogP contribution in [0.2, 0.25) is 0 Å². The number of tetrazole rings is 1. The molecule has 0 aromatic carbocycles. The van der Waals surface area contributed by atoms with E-state index in [1.165, 1.54) is 0 Å². The molecule has 0 saturated heterocycles. The standard InChI is InChI=1S/C11H13N5O2/c1-8(5-10(17)18)7-16-11(13-14-15-16)9-3-2-4-12-6-9/h2-4,6,8H,5,7H2,1H3,(H,17,18). The summed E-state index contributed by atoms with van der Waals surface area (Å²) in [5.74, 6) is -0.264. The summed E-state index contributed by atoms with van der Waals surface area (Å²) < 4.78 is 1.60.